The number of piperidine rings is 1. The van der Waals surface area contributed by atoms with Crippen molar-refractivity contribution in [3.63, 3.8) is 0 Å². The molecule has 3 heterocycles. The highest BCUT2D eigenvalue weighted by atomic mass is 16.4. The molecule has 2 aromatic heterocycles. The van der Waals surface area contributed by atoms with Crippen LogP contribution in [0, 0.1) is 0 Å². The molecule has 0 saturated carbocycles. The van der Waals surface area contributed by atoms with Crippen LogP contribution < -0.4 is 11.0 Å². The van der Waals surface area contributed by atoms with Crippen LogP contribution in [-0.2, 0) is 27.9 Å². The second-order valence-corrected chi connectivity index (χ2v) is 6.72. The minimum absolute atomic E-state index is 0.132. The summed E-state index contributed by atoms with van der Waals surface area (Å²) in [5, 5.41) is 15.3. The maximum Gasteiger partial charge on any atom is 0.329 e. The smallest absolute Gasteiger partial charge is 0.329 e. The molecular weight excluding hydrogens is 366 g/mol. The number of aryl methyl sites for hydroxylation is 1. The van der Waals surface area contributed by atoms with Crippen molar-refractivity contribution in [1.29, 1.82) is 0 Å². The van der Waals surface area contributed by atoms with Crippen LogP contribution in [0.5, 0.6) is 0 Å². The first-order valence-electron chi connectivity index (χ1n) is 8.65. The van der Waals surface area contributed by atoms with Gasteiger partial charge in [-0.15, -0.1) is 0 Å². The number of imidazole rings is 1. The molecular formula is C18H17N5O5. The first-order valence-corrected chi connectivity index (χ1v) is 8.65. The molecule has 1 atom stereocenters. The highest BCUT2D eigenvalue weighted by molar-refractivity contribution is 6.00. The molecule has 1 aromatic carbocycles. The number of carbonyl (C=O) groups excluding carboxylic acids is 2. The maximum atomic E-state index is 12.8. The molecule has 1 unspecified atom stereocenters. The molecule has 4 rings (SSSR count). The molecule has 144 valence electrons. The number of carbonyl (C=O) groups is 3. The molecule has 0 radical (unpaired) electrons. The predicted octanol–water partition coefficient (Wildman–Crippen LogP) is 0.131. The Labute approximate surface area is 158 Å². The Morgan fingerprint density at radius 2 is 2.07 bits per heavy atom. The summed E-state index contributed by atoms with van der Waals surface area (Å²) in [5.41, 5.74) is 2.03. The summed E-state index contributed by atoms with van der Waals surface area (Å²) in [6.07, 6.45) is 3.41. The first kappa shape index (κ1) is 17.7. The van der Waals surface area contributed by atoms with Gasteiger partial charge in [0.25, 0.3) is 0 Å². The number of hydrogen-bond donors (Lipinski definition) is 2. The number of aromatic nitrogens is 4. The van der Waals surface area contributed by atoms with Gasteiger partial charge in [-0.1, -0.05) is 0 Å². The van der Waals surface area contributed by atoms with Gasteiger partial charge in [0.05, 0.1) is 29.3 Å². The number of fused-ring (bicyclic) bond motifs is 1. The molecule has 2 amide bonds. The second kappa shape index (κ2) is 6.48. The van der Waals surface area contributed by atoms with Gasteiger partial charge in [-0.05, 0) is 24.6 Å². The molecule has 0 spiro atoms. The third-order valence-electron chi connectivity index (χ3n) is 4.85. The van der Waals surface area contributed by atoms with Crippen molar-refractivity contribution >= 4 is 28.8 Å². The fraction of sp³-hybridized carbons (Fsp3) is 0.278. The number of hydrogen-bond acceptors (Lipinski definition) is 5. The van der Waals surface area contributed by atoms with E-state index in [-0.39, 0.29) is 30.9 Å². The van der Waals surface area contributed by atoms with Crippen molar-refractivity contribution in [3.05, 3.63) is 46.6 Å². The average Bonchev–Trinajstić information content (AvgIpc) is 3.19. The Bertz CT molecular complexity index is 1180. The van der Waals surface area contributed by atoms with E-state index in [4.69, 9.17) is 5.11 Å². The topological polar surface area (TPSA) is 128 Å². The normalized spacial score (nSPS) is 17.1. The van der Waals surface area contributed by atoms with Gasteiger partial charge in [0.2, 0.25) is 11.8 Å². The van der Waals surface area contributed by atoms with Crippen LogP contribution in [0.2, 0.25) is 0 Å². The standard InChI is InChI=1S/C18H17N5O5/c1-21-14-7-11(22-9-10(8-19-22)6-16(25)26)2-3-12(14)23(18(21)28)13-4-5-15(24)20-17(13)27/h2-3,7-9,13H,4-6H2,1H3,(H,25,26)(H,20,24,27). The van der Waals surface area contributed by atoms with Gasteiger partial charge >= 0.3 is 11.7 Å². The zero-order chi connectivity index (χ0) is 20.0. The molecule has 10 nitrogen and oxygen atoms in total. The predicted molar refractivity (Wildman–Crippen MR) is 97.1 cm³/mol. The SMILES string of the molecule is Cn1c(=O)n(C2CCC(=O)NC2=O)c2ccc(-n3cc(CC(=O)O)cn3)cc21. The van der Waals surface area contributed by atoms with E-state index in [1.807, 2.05) is 0 Å². The van der Waals surface area contributed by atoms with E-state index < -0.39 is 17.9 Å². The van der Waals surface area contributed by atoms with Crippen LogP contribution >= 0.6 is 0 Å². The lowest BCUT2D eigenvalue weighted by molar-refractivity contribution is -0.137. The van der Waals surface area contributed by atoms with Crippen molar-refractivity contribution in [1.82, 2.24) is 24.2 Å². The zero-order valence-electron chi connectivity index (χ0n) is 15.0. The van der Waals surface area contributed by atoms with Crippen LogP contribution in [0.1, 0.15) is 24.4 Å². The van der Waals surface area contributed by atoms with Crippen LogP contribution in [0.25, 0.3) is 16.7 Å². The number of benzene rings is 1. The molecule has 3 aromatic rings. The molecule has 28 heavy (non-hydrogen) atoms. The lowest BCUT2D eigenvalue weighted by atomic mass is 10.1. The number of aliphatic carboxylic acids is 1. The zero-order valence-corrected chi connectivity index (χ0v) is 15.0. The fourth-order valence-corrected chi connectivity index (χ4v) is 3.49. The molecule has 0 aliphatic carbocycles. The van der Waals surface area contributed by atoms with E-state index in [2.05, 4.69) is 10.4 Å². The number of imide groups is 1. The molecule has 10 heteroatoms. The van der Waals surface area contributed by atoms with E-state index in [1.165, 1.54) is 20.0 Å². The quantitative estimate of drug-likeness (QED) is 0.617. The highest BCUT2D eigenvalue weighted by Crippen LogP contribution is 2.24. The summed E-state index contributed by atoms with van der Waals surface area (Å²) >= 11 is 0. The minimum atomic E-state index is -0.946. The molecule has 1 saturated heterocycles. The van der Waals surface area contributed by atoms with E-state index in [1.54, 1.807) is 31.4 Å². The van der Waals surface area contributed by atoms with E-state index in [0.29, 0.717) is 22.3 Å². The summed E-state index contributed by atoms with van der Waals surface area (Å²) < 4.78 is 4.37. The third kappa shape index (κ3) is 2.88. The highest BCUT2D eigenvalue weighted by Gasteiger charge is 2.31. The Morgan fingerprint density at radius 3 is 2.79 bits per heavy atom. The summed E-state index contributed by atoms with van der Waals surface area (Å²) in [6, 6.07) is 4.46. The molecule has 1 aliphatic rings. The Kier molecular flexibility index (Phi) is 4.10. The van der Waals surface area contributed by atoms with Crippen LogP contribution in [0.4, 0.5) is 0 Å². The number of carboxylic acids is 1. The molecule has 0 bridgehead atoms. The average molecular weight is 383 g/mol. The summed E-state index contributed by atoms with van der Waals surface area (Å²) in [4.78, 5) is 47.2. The number of nitrogens with zero attached hydrogens (tertiary/aromatic N) is 4. The van der Waals surface area contributed by atoms with Gasteiger partial charge in [-0.2, -0.15) is 5.10 Å². The van der Waals surface area contributed by atoms with E-state index in [9.17, 15) is 19.2 Å². The number of rotatable bonds is 4. The van der Waals surface area contributed by atoms with Crippen molar-refractivity contribution in [3.8, 4) is 5.69 Å². The second-order valence-electron chi connectivity index (χ2n) is 6.72. The maximum absolute atomic E-state index is 12.8. The number of carboxylic acid groups (broad SMARTS) is 1. The Balaban J connectivity index is 1.77. The third-order valence-corrected chi connectivity index (χ3v) is 4.85. The summed E-state index contributed by atoms with van der Waals surface area (Å²) in [5.74, 6) is -1.77. The van der Waals surface area contributed by atoms with Gasteiger partial charge < -0.3 is 5.11 Å². The lowest BCUT2D eigenvalue weighted by Crippen LogP contribution is -2.44. The van der Waals surface area contributed by atoms with E-state index in [0.717, 1.165) is 0 Å². The summed E-state index contributed by atoms with van der Waals surface area (Å²) in [6.45, 7) is 0. The lowest BCUT2D eigenvalue weighted by Gasteiger charge is -2.21. The van der Waals surface area contributed by atoms with Crippen LogP contribution in [0.3, 0.4) is 0 Å². The number of amides is 2. The monoisotopic (exact) mass is 383 g/mol. The Morgan fingerprint density at radius 1 is 1.29 bits per heavy atom. The fourth-order valence-electron chi connectivity index (χ4n) is 3.49. The van der Waals surface area contributed by atoms with Gasteiger partial charge in [0.15, 0.2) is 0 Å². The molecule has 1 aliphatic heterocycles. The van der Waals surface area contributed by atoms with Crippen LogP contribution in [-0.4, -0.2) is 41.8 Å². The van der Waals surface area contributed by atoms with Gasteiger partial charge in [0, 0.05) is 25.2 Å². The number of nitrogens with one attached hydrogen (secondary N) is 1. The summed E-state index contributed by atoms with van der Waals surface area (Å²) in [7, 11) is 1.61. The van der Waals surface area contributed by atoms with Crippen molar-refractivity contribution in [2.45, 2.75) is 25.3 Å². The molecule has 1 fully saturated rings. The van der Waals surface area contributed by atoms with Crippen LogP contribution in [0.15, 0.2) is 35.4 Å². The van der Waals surface area contributed by atoms with Crippen molar-refractivity contribution < 1.29 is 19.5 Å². The minimum Gasteiger partial charge on any atom is -0.481 e. The molecule has 2 N–H and O–H groups in total. The van der Waals surface area contributed by atoms with E-state index >= 15 is 0 Å². The van der Waals surface area contributed by atoms with Crippen molar-refractivity contribution in [2.75, 3.05) is 0 Å². The first-order chi connectivity index (χ1) is 13.3. The van der Waals surface area contributed by atoms with Gasteiger partial charge in [-0.25, -0.2) is 9.48 Å². The van der Waals surface area contributed by atoms with Crippen molar-refractivity contribution in [2.24, 2.45) is 7.05 Å². The van der Waals surface area contributed by atoms with Gasteiger partial charge in [0.1, 0.15) is 6.04 Å². The largest absolute Gasteiger partial charge is 0.481 e. The van der Waals surface area contributed by atoms with Gasteiger partial charge in [-0.3, -0.25) is 28.8 Å². The Hall–Kier alpha value is -3.69.